The van der Waals surface area contributed by atoms with Gasteiger partial charge in [0.2, 0.25) is 10.0 Å². The molecule has 1 fully saturated rings. The maximum Gasteiger partial charge on any atom is 0.319 e. The van der Waals surface area contributed by atoms with E-state index >= 15 is 0 Å². The van der Waals surface area contributed by atoms with Crippen molar-refractivity contribution in [2.45, 2.75) is 38.8 Å². The number of hydrogen-bond acceptors (Lipinski definition) is 4. The summed E-state index contributed by atoms with van der Waals surface area (Å²) in [5.74, 6) is -0.305. The Hall–Kier alpha value is -1.53. The van der Waals surface area contributed by atoms with Crippen LogP contribution in [-0.4, -0.2) is 35.1 Å². The monoisotopic (exact) mass is 332 g/mol. The number of nitriles is 1. The first kappa shape index (κ1) is 16.8. The Morgan fingerprint density at radius 3 is 2.68 bits per heavy atom. The molecule has 0 radical (unpaired) electrons. The van der Waals surface area contributed by atoms with Gasteiger partial charge in [0, 0.05) is 19.4 Å². The molecule has 1 aromatic heterocycles. The Labute approximate surface area is 128 Å². The van der Waals surface area contributed by atoms with Gasteiger partial charge in [-0.05, 0) is 12.8 Å². The van der Waals surface area contributed by atoms with Crippen molar-refractivity contribution in [1.82, 2.24) is 13.9 Å². The Morgan fingerprint density at radius 1 is 1.50 bits per heavy atom. The average molecular weight is 332 g/mol. The van der Waals surface area contributed by atoms with Crippen LogP contribution in [0.25, 0.3) is 0 Å². The predicted molar refractivity (Wildman–Crippen MR) is 75.2 cm³/mol. The third-order valence-electron chi connectivity index (χ3n) is 4.05. The van der Waals surface area contributed by atoms with Gasteiger partial charge in [0.1, 0.15) is 5.82 Å². The summed E-state index contributed by atoms with van der Waals surface area (Å²) in [6.07, 6.45) is 5.10. The molecule has 1 saturated carbocycles. The van der Waals surface area contributed by atoms with Crippen LogP contribution in [0.4, 0.5) is 8.78 Å². The fourth-order valence-corrected chi connectivity index (χ4v) is 4.33. The van der Waals surface area contributed by atoms with Gasteiger partial charge >= 0.3 is 6.55 Å². The normalized spacial score (nSPS) is 18.0. The highest BCUT2D eigenvalue weighted by atomic mass is 32.2. The van der Waals surface area contributed by atoms with E-state index in [4.69, 9.17) is 0 Å². The van der Waals surface area contributed by atoms with E-state index < -0.39 is 22.0 Å². The minimum Gasteiger partial charge on any atom is -0.277 e. The summed E-state index contributed by atoms with van der Waals surface area (Å²) in [5, 5.41) is 9.29. The van der Waals surface area contributed by atoms with E-state index in [1.807, 2.05) is 0 Å². The molecule has 0 spiro atoms. The molecule has 0 amide bonds. The molecule has 22 heavy (non-hydrogen) atoms. The molecule has 0 unspecified atom stereocenters. The number of aromatic nitrogens is 2. The lowest BCUT2D eigenvalue weighted by atomic mass is 9.91. The lowest BCUT2D eigenvalue weighted by Gasteiger charge is -2.24. The molecule has 122 valence electrons. The zero-order valence-corrected chi connectivity index (χ0v) is 13.1. The number of imidazole rings is 1. The van der Waals surface area contributed by atoms with Crippen molar-refractivity contribution >= 4 is 10.0 Å². The van der Waals surface area contributed by atoms with Gasteiger partial charge in [-0.15, -0.1) is 0 Å². The molecule has 0 saturated heterocycles. The molecule has 0 atom stereocenters. The molecule has 1 aliphatic carbocycles. The third-order valence-corrected chi connectivity index (χ3v) is 6.05. The zero-order valence-electron chi connectivity index (χ0n) is 12.2. The molecule has 2 rings (SSSR count). The number of sulfonamides is 1. The Morgan fingerprint density at radius 2 is 2.14 bits per heavy atom. The standard InChI is InChI=1S/C13H18F2N4O2S/c1-18(8-11-17-6-7-19(11)12(14)15)22(20,21)10-13(9-16)4-2-3-5-13/h6-7,12H,2-5,8,10H2,1H3. The van der Waals surface area contributed by atoms with E-state index in [-0.39, 0.29) is 18.1 Å². The van der Waals surface area contributed by atoms with Crippen LogP contribution in [-0.2, 0) is 16.6 Å². The first-order chi connectivity index (χ1) is 10.3. The van der Waals surface area contributed by atoms with E-state index in [1.165, 1.54) is 13.2 Å². The predicted octanol–water partition coefficient (Wildman–Crippen LogP) is 2.12. The zero-order chi connectivity index (χ0) is 16.4. The number of alkyl halides is 2. The van der Waals surface area contributed by atoms with Crippen LogP contribution in [0.1, 0.15) is 38.1 Å². The van der Waals surface area contributed by atoms with Crippen LogP contribution in [0.2, 0.25) is 0 Å². The highest BCUT2D eigenvalue weighted by Crippen LogP contribution is 2.39. The Bertz CT molecular complexity index is 660. The summed E-state index contributed by atoms with van der Waals surface area (Å²) in [5.41, 5.74) is -0.856. The van der Waals surface area contributed by atoms with E-state index in [9.17, 15) is 22.5 Å². The average Bonchev–Trinajstić information content (AvgIpc) is 3.08. The van der Waals surface area contributed by atoms with Crippen LogP contribution in [0.15, 0.2) is 12.4 Å². The molecule has 0 N–H and O–H groups in total. The fraction of sp³-hybridized carbons (Fsp3) is 0.692. The number of halogens is 2. The molecule has 0 bridgehead atoms. The van der Waals surface area contributed by atoms with Crippen molar-refractivity contribution in [2.75, 3.05) is 12.8 Å². The SMILES string of the molecule is CN(Cc1nccn1C(F)F)S(=O)(=O)CC1(C#N)CCCC1. The van der Waals surface area contributed by atoms with Gasteiger partial charge in [0.05, 0.1) is 23.8 Å². The highest BCUT2D eigenvalue weighted by molar-refractivity contribution is 7.89. The van der Waals surface area contributed by atoms with Crippen molar-refractivity contribution in [3.63, 3.8) is 0 Å². The largest absolute Gasteiger partial charge is 0.319 e. The van der Waals surface area contributed by atoms with Crippen LogP contribution in [0, 0.1) is 16.7 Å². The van der Waals surface area contributed by atoms with Gasteiger partial charge in [0.15, 0.2) is 0 Å². The molecule has 1 aromatic rings. The topological polar surface area (TPSA) is 79.0 Å². The van der Waals surface area contributed by atoms with E-state index in [1.54, 1.807) is 0 Å². The number of nitrogens with zero attached hydrogens (tertiary/aromatic N) is 4. The van der Waals surface area contributed by atoms with E-state index in [0.717, 1.165) is 23.3 Å². The van der Waals surface area contributed by atoms with Gasteiger partial charge < -0.3 is 0 Å². The lowest BCUT2D eigenvalue weighted by molar-refractivity contribution is 0.0658. The summed E-state index contributed by atoms with van der Waals surface area (Å²) in [6.45, 7) is -3.02. The maximum absolute atomic E-state index is 12.8. The van der Waals surface area contributed by atoms with Crippen molar-refractivity contribution in [3.8, 4) is 6.07 Å². The molecule has 0 aromatic carbocycles. The molecule has 1 aliphatic rings. The van der Waals surface area contributed by atoms with Crippen LogP contribution in [0.5, 0.6) is 0 Å². The quantitative estimate of drug-likeness (QED) is 0.799. The Balaban J connectivity index is 2.12. The minimum absolute atomic E-state index is 0.0292. The van der Waals surface area contributed by atoms with Gasteiger partial charge in [-0.2, -0.15) is 18.3 Å². The summed E-state index contributed by atoms with van der Waals surface area (Å²) in [4.78, 5) is 3.77. The smallest absolute Gasteiger partial charge is 0.277 e. The summed E-state index contributed by atoms with van der Waals surface area (Å²) < 4.78 is 52.0. The lowest BCUT2D eigenvalue weighted by Crippen LogP contribution is -2.36. The van der Waals surface area contributed by atoms with Gasteiger partial charge in [-0.1, -0.05) is 12.8 Å². The van der Waals surface area contributed by atoms with Crippen molar-refractivity contribution in [1.29, 1.82) is 5.26 Å². The van der Waals surface area contributed by atoms with Gasteiger partial charge in [0.25, 0.3) is 0 Å². The summed E-state index contributed by atoms with van der Waals surface area (Å²) >= 11 is 0. The first-order valence-electron chi connectivity index (χ1n) is 6.95. The first-order valence-corrected chi connectivity index (χ1v) is 8.56. The van der Waals surface area contributed by atoms with Gasteiger partial charge in [-0.3, -0.25) is 4.57 Å². The molecular weight excluding hydrogens is 314 g/mol. The van der Waals surface area contributed by atoms with Crippen LogP contribution in [0.3, 0.4) is 0 Å². The fourth-order valence-electron chi connectivity index (χ4n) is 2.74. The minimum atomic E-state index is -3.72. The second-order valence-electron chi connectivity index (χ2n) is 5.64. The van der Waals surface area contributed by atoms with E-state index in [0.29, 0.717) is 17.4 Å². The van der Waals surface area contributed by atoms with Crippen molar-refractivity contribution in [3.05, 3.63) is 18.2 Å². The molecule has 1 heterocycles. The molecule has 0 aliphatic heterocycles. The number of rotatable bonds is 6. The third kappa shape index (κ3) is 3.44. The molecule has 6 nitrogen and oxygen atoms in total. The Kier molecular flexibility index (Phi) is 4.82. The molecule has 9 heteroatoms. The van der Waals surface area contributed by atoms with Crippen molar-refractivity contribution < 1.29 is 17.2 Å². The van der Waals surface area contributed by atoms with Gasteiger partial charge in [-0.25, -0.2) is 13.4 Å². The highest BCUT2D eigenvalue weighted by Gasteiger charge is 2.40. The van der Waals surface area contributed by atoms with Crippen LogP contribution < -0.4 is 0 Å². The second-order valence-corrected chi connectivity index (χ2v) is 7.72. The van der Waals surface area contributed by atoms with Crippen LogP contribution >= 0.6 is 0 Å². The second kappa shape index (κ2) is 6.30. The number of hydrogen-bond donors (Lipinski definition) is 0. The molecular formula is C13H18F2N4O2S. The van der Waals surface area contributed by atoms with E-state index in [2.05, 4.69) is 11.1 Å². The van der Waals surface area contributed by atoms with Crippen molar-refractivity contribution in [2.24, 2.45) is 5.41 Å². The summed E-state index contributed by atoms with van der Waals surface area (Å²) in [6, 6.07) is 2.13. The maximum atomic E-state index is 12.8. The summed E-state index contributed by atoms with van der Waals surface area (Å²) in [7, 11) is -2.40.